The number of aryl methyl sites for hydroxylation is 1. The van der Waals surface area contributed by atoms with Crippen molar-refractivity contribution in [3.05, 3.63) is 22.8 Å². The first-order chi connectivity index (χ1) is 12.5. The summed E-state index contributed by atoms with van der Waals surface area (Å²) in [7, 11) is 0. The van der Waals surface area contributed by atoms with Gasteiger partial charge in [0.15, 0.2) is 11.5 Å². The van der Waals surface area contributed by atoms with E-state index in [0.29, 0.717) is 0 Å². The van der Waals surface area contributed by atoms with E-state index in [1.54, 1.807) is 6.07 Å². The quantitative estimate of drug-likeness (QED) is 0.425. The number of rotatable bonds is 10. The minimum atomic E-state index is -0.723. The third-order valence-corrected chi connectivity index (χ3v) is 5.53. The first kappa shape index (κ1) is 20.6. The Morgan fingerprint density at radius 1 is 1.15 bits per heavy atom. The Labute approximate surface area is 157 Å². The van der Waals surface area contributed by atoms with Crippen LogP contribution < -0.4 is 5.73 Å². The molecule has 5 heteroatoms. The Kier molecular flexibility index (Phi) is 7.76. The maximum absolute atomic E-state index is 11.4. The van der Waals surface area contributed by atoms with Crippen LogP contribution in [-0.4, -0.2) is 34.1 Å². The highest BCUT2D eigenvalue weighted by molar-refractivity contribution is 5.97. The average Bonchev–Trinajstić information content (AvgIpc) is 3.05. The predicted octanol–water partition coefficient (Wildman–Crippen LogP) is 4.39. The number of phenols is 2. The molecule has 0 aliphatic carbocycles. The molecule has 0 saturated carbocycles. The van der Waals surface area contributed by atoms with Gasteiger partial charge in [0.05, 0.1) is 5.56 Å². The van der Waals surface area contributed by atoms with Gasteiger partial charge in [-0.25, -0.2) is 0 Å². The lowest BCUT2D eigenvalue weighted by Crippen LogP contribution is -2.25. The van der Waals surface area contributed by atoms with E-state index in [2.05, 4.69) is 11.8 Å². The van der Waals surface area contributed by atoms with Crippen molar-refractivity contribution in [2.24, 2.45) is 5.73 Å². The number of aromatic hydroxyl groups is 2. The SMILES string of the molecule is CCCCCCCCCN1CCCC1c1c(C)cc(C(N)=O)c(O)c1O. The minimum Gasteiger partial charge on any atom is -0.504 e. The van der Waals surface area contributed by atoms with Gasteiger partial charge in [-0.3, -0.25) is 9.69 Å². The smallest absolute Gasteiger partial charge is 0.252 e. The van der Waals surface area contributed by atoms with Gasteiger partial charge in [-0.2, -0.15) is 0 Å². The summed E-state index contributed by atoms with van der Waals surface area (Å²) in [5.74, 6) is -1.30. The lowest BCUT2D eigenvalue weighted by atomic mass is 9.94. The third kappa shape index (κ3) is 4.91. The van der Waals surface area contributed by atoms with Crippen LogP contribution in [0.1, 0.15) is 92.2 Å². The van der Waals surface area contributed by atoms with Crippen LogP contribution in [0.2, 0.25) is 0 Å². The van der Waals surface area contributed by atoms with Gasteiger partial charge in [0.25, 0.3) is 5.91 Å². The van der Waals surface area contributed by atoms with Gasteiger partial charge in [0, 0.05) is 11.6 Å². The van der Waals surface area contributed by atoms with Crippen molar-refractivity contribution in [1.29, 1.82) is 0 Å². The van der Waals surface area contributed by atoms with Gasteiger partial charge >= 0.3 is 0 Å². The molecule has 1 heterocycles. The number of carbonyl (C=O) groups is 1. The normalized spacial score (nSPS) is 17.7. The molecule has 5 nitrogen and oxygen atoms in total. The topological polar surface area (TPSA) is 86.8 Å². The summed E-state index contributed by atoms with van der Waals surface area (Å²) in [5.41, 5.74) is 6.83. The molecule has 0 radical (unpaired) electrons. The number of nitrogens with zero attached hydrogens (tertiary/aromatic N) is 1. The van der Waals surface area contributed by atoms with Crippen LogP contribution in [0, 0.1) is 6.92 Å². The second-order valence-corrected chi connectivity index (χ2v) is 7.53. The summed E-state index contributed by atoms with van der Waals surface area (Å²) in [6.45, 7) is 6.12. The van der Waals surface area contributed by atoms with Crippen LogP contribution in [-0.2, 0) is 0 Å². The Bertz CT molecular complexity index is 616. The lowest BCUT2D eigenvalue weighted by molar-refractivity contribution is 0.0997. The van der Waals surface area contributed by atoms with Crippen LogP contribution >= 0.6 is 0 Å². The molecule has 1 unspecified atom stereocenters. The number of unbranched alkanes of at least 4 members (excludes halogenated alkanes) is 6. The Hall–Kier alpha value is -1.75. The number of phenolic OH excluding ortho intramolecular Hbond substituents is 1. The van der Waals surface area contributed by atoms with E-state index >= 15 is 0 Å². The standard InChI is InChI=1S/C21H34N2O3/c1-3-4-5-6-7-8-9-12-23-13-10-11-17(23)18-15(2)14-16(21(22)26)19(24)20(18)25/h14,17,24-25H,3-13H2,1-2H3,(H2,22,26). The number of hydrogen-bond donors (Lipinski definition) is 3. The van der Waals surface area contributed by atoms with E-state index in [1.165, 1.54) is 38.5 Å². The van der Waals surface area contributed by atoms with Crippen LogP contribution in [0.15, 0.2) is 6.07 Å². The van der Waals surface area contributed by atoms with Gasteiger partial charge in [-0.05, 0) is 50.9 Å². The maximum atomic E-state index is 11.4. The number of carbonyl (C=O) groups excluding carboxylic acids is 1. The first-order valence-corrected chi connectivity index (χ1v) is 10.1. The Morgan fingerprint density at radius 2 is 1.81 bits per heavy atom. The lowest BCUT2D eigenvalue weighted by Gasteiger charge is -2.27. The molecule has 0 aromatic heterocycles. The second-order valence-electron chi connectivity index (χ2n) is 7.53. The summed E-state index contributed by atoms with van der Waals surface area (Å²) in [6.07, 6.45) is 11.0. The highest BCUT2D eigenvalue weighted by Crippen LogP contribution is 2.44. The molecule has 146 valence electrons. The molecule has 4 N–H and O–H groups in total. The summed E-state index contributed by atoms with van der Waals surface area (Å²) in [5, 5.41) is 20.7. The molecule has 1 atom stereocenters. The van der Waals surface area contributed by atoms with E-state index in [0.717, 1.165) is 43.5 Å². The average molecular weight is 363 g/mol. The molecular formula is C21H34N2O3. The molecule has 1 aliphatic rings. The van der Waals surface area contributed by atoms with Crippen molar-refractivity contribution in [3.63, 3.8) is 0 Å². The van der Waals surface area contributed by atoms with E-state index < -0.39 is 5.91 Å². The van der Waals surface area contributed by atoms with Crippen LogP contribution in [0.4, 0.5) is 0 Å². The van der Waals surface area contributed by atoms with Gasteiger partial charge in [-0.1, -0.05) is 45.4 Å². The Balaban J connectivity index is 1.99. The fourth-order valence-corrected chi connectivity index (χ4v) is 4.11. The number of benzene rings is 1. The molecule has 1 fully saturated rings. The fraction of sp³-hybridized carbons (Fsp3) is 0.667. The number of primary amides is 1. The van der Waals surface area contributed by atoms with Gasteiger partial charge in [-0.15, -0.1) is 0 Å². The zero-order valence-electron chi connectivity index (χ0n) is 16.3. The van der Waals surface area contributed by atoms with Crippen molar-refractivity contribution in [1.82, 2.24) is 4.90 Å². The summed E-state index contributed by atoms with van der Waals surface area (Å²) in [6, 6.07) is 1.69. The van der Waals surface area contributed by atoms with Gasteiger partial charge < -0.3 is 15.9 Å². The fourth-order valence-electron chi connectivity index (χ4n) is 4.11. The summed E-state index contributed by atoms with van der Waals surface area (Å²) in [4.78, 5) is 13.8. The minimum absolute atomic E-state index is 0.0135. The molecule has 1 saturated heterocycles. The van der Waals surface area contributed by atoms with Gasteiger partial charge in [0.1, 0.15) is 0 Å². The zero-order valence-corrected chi connectivity index (χ0v) is 16.3. The molecule has 26 heavy (non-hydrogen) atoms. The number of amides is 1. The highest BCUT2D eigenvalue weighted by Gasteiger charge is 2.31. The number of hydrogen-bond acceptors (Lipinski definition) is 4. The summed E-state index contributed by atoms with van der Waals surface area (Å²) >= 11 is 0. The third-order valence-electron chi connectivity index (χ3n) is 5.53. The molecule has 1 aromatic rings. The highest BCUT2D eigenvalue weighted by atomic mass is 16.3. The largest absolute Gasteiger partial charge is 0.504 e. The van der Waals surface area contributed by atoms with Crippen LogP contribution in [0.25, 0.3) is 0 Å². The molecule has 1 amide bonds. The zero-order chi connectivity index (χ0) is 19.1. The molecule has 0 spiro atoms. The van der Waals surface area contributed by atoms with Crippen molar-refractivity contribution in [3.8, 4) is 11.5 Å². The van der Waals surface area contributed by atoms with E-state index in [-0.39, 0.29) is 23.1 Å². The van der Waals surface area contributed by atoms with Crippen molar-refractivity contribution in [2.75, 3.05) is 13.1 Å². The monoisotopic (exact) mass is 362 g/mol. The van der Waals surface area contributed by atoms with E-state index in [9.17, 15) is 15.0 Å². The van der Waals surface area contributed by atoms with Gasteiger partial charge in [0.2, 0.25) is 0 Å². The first-order valence-electron chi connectivity index (χ1n) is 10.1. The second kappa shape index (κ2) is 9.81. The summed E-state index contributed by atoms with van der Waals surface area (Å²) < 4.78 is 0. The van der Waals surface area contributed by atoms with Crippen molar-refractivity contribution >= 4 is 5.91 Å². The molecule has 1 aromatic carbocycles. The number of likely N-dealkylation sites (tertiary alicyclic amines) is 1. The van der Waals surface area contributed by atoms with E-state index in [4.69, 9.17) is 5.73 Å². The molecule has 2 rings (SSSR count). The Morgan fingerprint density at radius 3 is 2.46 bits per heavy atom. The molecule has 1 aliphatic heterocycles. The van der Waals surface area contributed by atoms with E-state index in [1.807, 2.05) is 6.92 Å². The van der Waals surface area contributed by atoms with Crippen LogP contribution in [0.5, 0.6) is 11.5 Å². The van der Waals surface area contributed by atoms with Crippen LogP contribution in [0.3, 0.4) is 0 Å². The maximum Gasteiger partial charge on any atom is 0.252 e. The predicted molar refractivity (Wildman–Crippen MR) is 105 cm³/mol. The van der Waals surface area contributed by atoms with Crippen molar-refractivity contribution in [2.45, 2.75) is 77.7 Å². The van der Waals surface area contributed by atoms with Crippen molar-refractivity contribution < 1.29 is 15.0 Å². The number of nitrogens with two attached hydrogens (primary N) is 1. The molecule has 0 bridgehead atoms. The molecular weight excluding hydrogens is 328 g/mol.